The van der Waals surface area contributed by atoms with Crippen LogP contribution in [0.5, 0.6) is 0 Å². The van der Waals surface area contributed by atoms with Crippen LogP contribution < -0.4 is 4.72 Å². The Kier molecular flexibility index (Phi) is 5.31. The normalized spacial score (nSPS) is 12.6. The van der Waals surface area contributed by atoms with Crippen LogP contribution in [0.25, 0.3) is 0 Å². The molecule has 0 radical (unpaired) electrons. The summed E-state index contributed by atoms with van der Waals surface area (Å²) in [5.74, 6) is 0. The summed E-state index contributed by atoms with van der Waals surface area (Å²) < 4.78 is 27.5. The molecule has 1 aromatic rings. The highest BCUT2D eigenvalue weighted by molar-refractivity contribution is 7.89. The smallest absolute Gasteiger partial charge is 0.240 e. The summed E-state index contributed by atoms with van der Waals surface area (Å²) in [6, 6.07) is 8.48. The Hall–Kier alpha value is -0.910. The van der Waals surface area contributed by atoms with Crippen molar-refractivity contribution in [1.82, 2.24) is 4.72 Å². The molecule has 0 aliphatic rings. The van der Waals surface area contributed by atoms with Crippen LogP contribution >= 0.6 is 0 Å². The number of rotatable bonds is 7. The van der Waals surface area contributed by atoms with Crippen LogP contribution in [0.2, 0.25) is 0 Å². The molecular weight excluding hydrogens is 248 g/mol. The first-order valence-corrected chi connectivity index (χ1v) is 7.80. The molecule has 0 amide bonds. The zero-order valence-corrected chi connectivity index (χ0v) is 12.2. The molecule has 102 valence electrons. The lowest BCUT2D eigenvalue weighted by atomic mass is 10.4. The molecule has 0 aromatic heterocycles. The van der Waals surface area contributed by atoms with E-state index in [1.807, 2.05) is 0 Å². The van der Waals surface area contributed by atoms with Crippen LogP contribution in [0.4, 0.5) is 0 Å². The molecule has 0 aliphatic carbocycles. The Balaban J connectivity index is 2.59. The third kappa shape index (κ3) is 4.08. The van der Waals surface area contributed by atoms with Crippen molar-refractivity contribution in [2.24, 2.45) is 0 Å². The van der Waals surface area contributed by atoms with Crippen LogP contribution in [0.1, 0.15) is 13.8 Å². The molecule has 18 heavy (non-hydrogen) atoms. The van der Waals surface area contributed by atoms with E-state index in [9.17, 15) is 8.42 Å². The number of hydrogen-bond acceptors (Lipinski definition) is 2. The van der Waals surface area contributed by atoms with E-state index < -0.39 is 10.0 Å². The first-order valence-electron chi connectivity index (χ1n) is 6.32. The lowest BCUT2D eigenvalue weighted by molar-refractivity contribution is -0.904. The van der Waals surface area contributed by atoms with E-state index in [2.05, 4.69) is 25.6 Å². The van der Waals surface area contributed by atoms with Crippen molar-refractivity contribution in [2.45, 2.75) is 18.7 Å². The van der Waals surface area contributed by atoms with E-state index in [1.54, 1.807) is 30.3 Å². The fourth-order valence-electron chi connectivity index (χ4n) is 1.67. The monoisotopic (exact) mass is 271 g/mol. The second-order valence-corrected chi connectivity index (χ2v) is 6.45. The van der Waals surface area contributed by atoms with E-state index >= 15 is 0 Å². The number of likely N-dealkylation sites (N-methyl/N-ethyl adjacent to an activating group) is 1. The highest BCUT2D eigenvalue weighted by Gasteiger charge is 2.18. The molecule has 1 aromatic carbocycles. The highest BCUT2D eigenvalue weighted by Crippen LogP contribution is 2.07. The van der Waals surface area contributed by atoms with E-state index in [0.29, 0.717) is 11.4 Å². The van der Waals surface area contributed by atoms with Crippen LogP contribution in [0.3, 0.4) is 0 Å². The molecule has 1 rings (SSSR count). The molecule has 0 saturated heterocycles. The van der Waals surface area contributed by atoms with E-state index in [4.69, 9.17) is 0 Å². The maximum atomic E-state index is 12.0. The topological polar surface area (TPSA) is 46.2 Å². The predicted molar refractivity (Wildman–Crippen MR) is 73.8 cm³/mol. The average molecular weight is 271 g/mol. The molecule has 0 aliphatic heterocycles. The minimum absolute atomic E-state index is 0.326. The van der Waals surface area contributed by atoms with Gasteiger partial charge in [0.1, 0.15) is 0 Å². The van der Waals surface area contributed by atoms with Gasteiger partial charge in [-0.15, -0.1) is 0 Å². The quantitative estimate of drug-likeness (QED) is 0.763. The Morgan fingerprint density at radius 1 is 1.11 bits per heavy atom. The number of quaternary nitrogens is 1. The molecule has 0 saturated carbocycles. The lowest BCUT2D eigenvalue weighted by Gasteiger charge is -2.32. The summed E-state index contributed by atoms with van der Waals surface area (Å²) >= 11 is 0. The van der Waals surface area contributed by atoms with Gasteiger partial charge in [0, 0.05) is 0 Å². The predicted octanol–water partition coefficient (Wildman–Crippen LogP) is 1.45. The summed E-state index contributed by atoms with van der Waals surface area (Å²) in [6.45, 7) is 7.52. The second-order valence-electron chi connectivity index (χ2n) is 4.69. The Labute approximate surface area is 110 Å². The van der Waals surface area contributed by atoms with Crippen molar-refractivity contribution in [3.8, 4) is 0 Å². The van der Waals surface area contributed by atoms with Crippen molar-refractivity contribution in [3.05, 3.63) is 30.3 Å². The Morgan fingerprint density at radius 3 is 2.17 bits per heavy atom. The van der Waals surface area contributed by atoms with Crippen LogP contribution in [-0.4, -0.2) is 46.1 Å². The number of nitrogens with one attached hydrogen (secondary N) is 1. The minimum atomic E-state index is -3.36. The van der Waals surface area contributed by atoms with Gasteiger partial charge in [-0.1, -0.05) is 18.2 Å². The van der Waals surface area contributed by atoms with E-state index in [0.717, 1.165) is 24.1 Å². The standard InChI is InChI=1S/C13H23N2O2S/c1-4-15(3,5-2)12-11-14-18(16,17)13-9-7-6-8-10-13/h6-10,14H,4-5,11-12H2,1-3H3/q+1. The van der Waals surface area contributed by atoms with Crippen LogP contribution in [0.15, 0.2) is 35.2 Å². The van der Waals surface area contributed by atoms with Gasteiger partial charge in [-0.2, -0.15) is 0 Å². The number of nitrogens with zero attached hydrogens (tertiary/aromatic N) is 1. The molecule has 0 spiro atoms. The first kappa shape index (κ1) is 15.1. The number of hydrogen-bond donors (Lipinski definition) is 1. The zero-order chi connectivity index (χ0) is 13.6. The zero-order valence-electron chi connectivity index (χ0n) is 11.4. The van der Waals surface area contributed by atoms with Crippen LogP contribution in [0, 0.1) is 0 Å². The summed E-state index contributed by atoms with van der Waals surface area (Å²) in [6.07, 6.45) is 0. The molecule has 0 fully saturated rings. The fourth-order valence-corrected chi connectivity index (χ4v) is 2.71. The van der Waals surface area contributed by atoms with E-state index in [1.165, 1.54) is 0 Å². The second kappa shape index (κ2) is 6.31. The van der Waals surface area contributed by atoms with Gasteiger partial charge in [-0.25, -0.2) is 13.1 Å². The maximum absolute atomic E-state index is 12.0. The summed E-state index contributed by atoms with van der Waals surface area (Å²) in [7, 11) is -1.22. The third-order valence-corrected chi connectivity index (χ3v) is 5.00. The van der Waals surface area contributed by atoms with Gasteiger partial charge in [-0.3, -0.25) is 0 Å². The van der Waals surface area contributed by atoms with Gasteiger partial charge in [0.2, 0.25) is 10.0 Å². The average Bonchev–Trinajstić information content (AvgIpc) is 2.39. The fraction of sp³-hybridized carbons (Fsp3) is 0.538. The Bertz CT molecular complexity index is 453. The van der Waals surface area contributed by atoms with Gasteiger partial charge < -0.3 is 4.48 Å². The van der Waals surface area contributed by atoms with Gasteiger partial charge in [0.25, 0.3) is 0 Å². The van der Waals surface area contributed by atoms with Crippen molar-refractivity contribution < 1.29 is 12.9 Å². The molecule has 0 bridgehead atoms. The van der Waals surface area contributed by atoms with Crippen LogP contribution in [-0.2, 0) is 10.0 Å². The van der Waals surface area contributed by atoms with Gasteiger partial charge in [0.15, 0.2) is 0 Å². The molecule has 0 heterocycles. The summed E-state index contributed by atoms with van der Waals surface area (Å²) in [5.41, 5.74) is 0. The molecule has 0 unspecified atom stereocenters. The summed E-state index contributed by atoms with van der Waals surface area (Å²) in [4.78, 5) is 0.326. The van der Waals surface area contributed by atoms with E-state index in [-0.39, 0.29) is 0 Å². The first-order chi connectivity index (χ1) is 8.43. The molecule has 1 N–H and O–H groups in total. The molecule has 4 nitrogen and oxygen atoms in total. The maximum Gasteiger partial charge on any atom is 0.240 e. The summed E-state index contributed by atoms with van der Waals surface area (Å²) in [5, 5.41) is 0. The number of benzene rings is 1. The van der Waals surface area contributed by atoms with Gasteiger partial charge in [-0.05, 0) is 26.0 Å². The van der Waals surface area contributed by atoms with Crippen molar-refractivity contribution in [2.75, 3.05) is 33.2 Å². The van der Waals surface area contributed by atoms with Crippen molar-refractivity contribution >= 4 is 10.0 Å². The number of sulfonamides is 1. The highest BCUT2D eigenvalue weighted by atomic mass is 32.2. The van der Waals surface area contributed by atoms with Crippen molar-refractivity contribution in [3.63, 3.8) is 0 Å². The van der Waals surface area contributed by atoms with Gasteiger partial charge in [0.05, 0.1) is 38.1 Å². The largest absolute Gasteiger partial charge is 0.325 e. The minimum Gasteiger partial charge on any atom is -0.325 e. The molecule has 0 atom stereocenters. The van der Waals surface area contributed by atoms with Crippen molar-refractivity contribution in [1.29, 1.82) is 0 Å². The Morgan fingerprint density at radius 2 is 1.67 bits per heavy atom. The van der Waals surface area contributed by atoms with Gasteiger partial charge >= 0.3 is 0 Å². The molecule has 5 heteroatoms. The third-order valence-electron chi connectivity index (χ3n) is 3.52. The lowest BCUT2D eigenvalue weighted by Crippen LogP contribution is -2.48. The SMILES string of the molecule is CC[N+](C)(CC)CCNS(=O)(=O)c1ccccc1. The molecular formula is C13H23N2O2S+.